The summed E-state index contributed by atoms with van der Waals surface area (Å²) in [6.45, 7) is 6.03. The van der Waals surface area contributed by atoms with Crippen molar-refractivity contribution in [3.05, 3.63) is 57.5 Å². The summed E-state index contributed by atoms with van der Waals surface area (Å²) in [6.07, 6.45) is 2.63. The highest BCUT2D eigenvalue weighted by Gasteiger charge is 2.24. The summed E-state index contributed by atoms with van der Waals surface area (Å²) < 4.78 is 11.3. The van der Waals surface area contributed by atoms with Gasteiger partial charge in [0.1, 0.15) is 0 Å². The number of carbonyl (C=O) groups is 1. The lowest BCUT2D eigenvalue weighted by atomic mass is 10.1. The second-order valence-corrected chi connectivity index (χ2v) is 8.13. The number of rotatable bonds is 6. The quantitative estimate of drug-likeness (QED) is 0.595. The highest BCUT2D eigenvalue weighted by molar-refractivity contribution is 8.18. The zero-order valence-electron chi connectivity index (χ0n) is 16.8. The van der Waals surface area contributed by atoms with Gasteiger partial charge in [0.05, 0.1) is 28.8 Å². The third kappa shape index (κ3) is 5.34. The predicted octanol–water partition coefficient (Wildman–Crippen LogP) is 5.73. The van der Waals surface area contributed by atoms with Gasteiger partial charge in [0, 0.05) is 0 Å². The normalized spacial score (nSPS) is 17.5. The molecule has 0 spiro atoms. The van der Waals surface area contributed by atoms with Crippen LogP contribution in [-0.4, -0.2) is 24.3 Å². The van der Waals surface area contributed by atoms with Crippen molar-refractivity contribution >= 4 is 46.2 Å². The number of ether oxygens (including phenoxy) is 2. The van der Waals surface area contributed by atoms with Crippen molar-refractivity contribution in [3.63, 3.8) is 0 Å². The number of nitrogens with zero attached hydrogens (tertiary/aromatic N) is 1. The minimum atomic E-state index is -0.198. The number of amidine groups is 1. The summed E-state index contributed by atoms with van der Waals surface area (Å²) >= 11 is 7.71. The fourth-order valence-electron chi connectivity index (χ4n) is 2.59. The molecular weight excluding hydrogens is 408 g/mol. The maximum absolute atomic E-state index is 12.4. The van der Waals surface area contributed by atoms with E-state index in [-0.39, 0.29) is 12.0 Å². The molecule has 2 aromatic carbocycles. The van der Waals surface area contributed by atoms with E-state index in [1.165, 1.54) is 11.8 Å². The molecule has 0 aromatic heterocycles. The number of methoxy groups -OCH3 is 1. The highest BCUT2D eigenvalue weighted by atomic mass is 35.5. The highest BCUT2D eigenvalue weighted by Crippen LogP contribution is 2.39. The number of halogens is 1. The van der Waals surface area contributed by atoms with Crippen molar-refractivity contribution in [3.8, 4) is 11.5 Å². The molecule has 2 aromatic rings. The van der Waals surface area contributed by atoms with Crippen molar-refractivity contribution in [1.29, 1.82) is 0 Å². The second kappa shape index (κ2) is 9.37. The van der Waals surface area contributed by atoms with Gasteiger partial charge in [-0.3, -0.25) is 4.79 Å². The standard InChI is InChI=1S/C22H23ClN2O3S/c1-5-14(3)28-20-17(23)10-15(11-18(20)27-4)12-19-21(26)25-22(29-19)24-16-8-6-13(2)7-9-16/h6-12,14H,5H2,1-4H3,(H,24,25,26)/b19-12+/t14-/m0/s1. The van der Waals surface area contributed by atoms with E-state index in [0.29, 0.717) is 26.6 Å². The number of amides is 1. The first-order valence-electron chi connectivity index (χ1n) is 9.30. The molecule has 0 aliphatic carbocycles. The molecule has 3 rings (SSSR count). The summed E-state index contributed by atoms with van der Waals surface area (Å²) in [5.41, 5.74) is 2.69. The summed E-state index contributed by atoms with van der Waals surface area (Å²) in [5, 5.41) is 3.77. The van der Waals surface area contributed by atoms with E-state index in [1.807, 2.05) is 45.0 Å². The number of nitrogens with one attached hydrogen (secondary N) is 1. The van der Waals surface area contributed by atoms with Crippen LogP contribution in [0.3, 0.4) is 0 Å². The molecule has 5 nitrogen and oxygen atoms in total. The zero-order chi connectivity index (χ0) is 21.0. The van der Waals surface area contributed by atoms with Crippen LogP contribution in [0.5, 0.6) is 11.5 Å². The maximum atomic E-state index is 12.4. The number of aryl methyl sites for hydroxylation is 1. The first kappa shape index (κ1) is 21.3. The van der Waals surface area contributed by atoms with Crippen molar-refractivity contribution < 1.29 is 14.3 Å². The van der Waals surface area contributed by atoms with Gasteiger partial charge >= 0.3 is 0 Å². The Labute approximate surface area is 180 Å². The number of aliphatic imine (C=N–C) groups is 1. The Balaban J connectivity index is 1.85. The molecule has 152 valence electrons. The molecule has 1 saturated heterocycles. The van der Waals surface area contributed by atoms with Crippen LogP contribution in [0.1, 0.15) is 31.4 Å². The van der Waals surface area contributed by atoms with Crippen molar-refractivity contribution in [1.82, 2.24) is 5.32 Å². The molecule has 0 bridgehead atoms. The third-order valence-corrected chi connectivity index (χ3v) is 5.55. The minimum absolute atomic E-state index is 0.0160. The lowest BCUT2D eigenvalue weighted by Gasteiger charge is -2.17. The summed E-state index contributed by atoms with van der Waals surface area (Å²) in [5.74, 6) is 0.841. The predicted molar refractivity (Wildman–Crippen MR) is 120 cm³/mol. The van der Waals surface area contributed by atoms with Gasteiger partial charge < -0.3 is 14.8 Å². The molecule has 1 heterocycles. The fourth-order valence-corrected chi connectivity index (χ4v) is 3.70. The van der Waals surface area contributed by atoms with Crippen LogP contribution >= 0.6 is 23.4 Å². The van der Waals surface area contributed by atoms with Crippen LogP contribution in [0, 0.1) is 6.92 Å². The van der Waals surface area contributed by atoms with Gasteiger partial charge in [0.15, 0.2) is 16.7 Å². The lowest BCUT2D eigenvalue weighted by molar-refractivity contribution is -0.115. The summed E-state index contributed by atoms with van der Waals surface area (Å²) in [4.78, 5) is 17.4. The van der Waals surface area contributed by atoms with E-state index in [0.717, 1.165) is 23.2 Å². The molecule has 1 N–H and O–H groups in total. The van der Waals surface area contributed by atoms with Crippen molar-refractivity contribution in [2.75, 3.05) is 7.11 Å². The van der Waals surface area contributed by atoms with Gasteiger partial charge in [0.25, 0.3) is 5.91 Å². The average Bonchev–Trinajstić information content (AvgIpc) is 3.04. The monoisotopic (exact) mass is 430 g/mol. The molecule has 1 atom stereocenters. The van der Waals surface area contributed by atoms with Crippen LogP contribution in [0.4, 0.5) is 5.69 Å². The topological polar surface area (TPSA) is 59.9 Å². The van der Waals surface area contributed by atoms with Crippen molar-refractivity contribution in [2.24, 2.45) is 4.99 Å². The Hall–Kier alpha value is -2.44. The second-order valence-electron chi connectivity index (χ2n) is 6.69. The van der Waals surface area contributed by atoms with E-state index in [1.54, 1.807) is 25.3 Å². The lowest BCUT2D eigenvalue weighted by Crippen LogP contribution is -2.19. The van der Waals surface area contributed by atoms with E-state index in [9.17, 15) is 4.79 Å². The number of hydrogen-bond acceptors (Lipinski definition) is 5. The van der Waals surface area contributed by atoms with Gasteiger partial charge in [-0.05, 0) is 67.9 Å². The van der Waals surface area contributed by atoms with Gasteiger partial charge in [0.2, 0.25) is 0 Å². The maximum Gasteiger partial charge on any atom is 0.264 e. The molecular formula is C22H23ClN2O3S. The van der Waals surface area contributed by atoms with Gasteiger partial charge in [-0.15, -0.1) is 0 Å². The Bertz CT molecular complexity index is 971. The van der Waals surface area contributed by atoms with Crippen molar-refractivity contribution in [2.45, 2.75) is 33.3 Å². The molecule has 1 aliphatic heterocycles. The Morgan fingerprint density at radius 2 is 2.00 bits per heavy atom. The minimum Gasteiger partial charge on any atom is -0.493 e. The third-order valence-electron chi connectivity index (χ3n) is 4.36. The van der Waals surface area contributed by atoms with Crippen LogP contribution in [0.2, 0.25) is 5.02 Å². The van der Waals surface area contributed by atoms with Crippen LogP contribution in [0.25, 0.3) is 6.08 Å². The Morgan fingerprint density at radius 3 is 2.66 bits per heavy atom. The smallest absolute Gasteiger partial charge is 0.264 e. The van der Waals surface area contributed by atoms with E-state index < -0.39 is 0 Å². The summed E-state index contributed by atoms with van der Waals surface area (Å²) in [6, 6.07) is 11.4. The first-order valence-corrected chi connectivity index (χ1v) is 10.5. The van der Waals surface area contributed by atoms with Gasteiger partial charge in [-0.1, -0.05) is 36.2 Å². The van der Waals surface area contributed by atoms with E-state index in [4.69, 9.17) is 21.1 Å². The number of thioether (sulfide) groups is 1. The Morgan fingerprint density at radius 1 is 1.28 bits per heavy atom. The number of carbonyl (C=O) groups excluding carboxylic acids is 1. The first-order chi connectivity index (χ1) is 13.9. The molecule has 0 saturated carbocycles. The number of benzene rings is 2. The Kier molecular flexibility index (Phi) is 6.87. The molecule has 1 amide bonds. The largest absolute Gasteiger partial charge is 0.493 e. The van der Waals surface area contributed by atoms with E-state index in [2.05, 4.69) is 10.3 Å². The van der Waals surface area contributed by atoms with Crippen LogP contribution in [0.15, 0.2) is 46.3 Å². The van der Waals surface area contributed by atoms with Crippen LogP contribution < -0.4 is 14.8 Å². The number of hydrogen-bond donors (Lipinski definition) is 1. The van der Waals surface area contributed by atoms with Gasteiger partial charge in [-0.25, -0.2) is 4.99 Å². The molecule has 7 heteroatoms. The van der Waals surface area contributed by atoms with Crippen LogP contribution in [-0.2, 0) is 4.79 Å². The molecule has 29 heavy (non-hydrogen) atoms. The van der Waals surface area contributed by atoms with Gasteiger partial charge in [-0.2, -0.15) is 0 Å². The average molecular weight is 431 g/mol. The van der Waals surface area contributed by atoms with E-state index >= 15 is 0 Å². The molecule has 0 radical (unpaired) electrons. The molecule has 1 aliphatic rings. The fraction of sp³-hybridized carbons (Fsp3) is 0.273. The summed E-state index contributed by atoms with van der Waals surface area (Å²) in [7, 11) is 1.56. The SMILES string of the molecule is CC[C@H](C)Oc1c(Cl)cc(/C=C2/SC(=Nc3ccc(C)cc3)NC2=O)cc1OC. The molecule has 0 unspecified atom stereocenters. The molecule has 1 fully saturated rings. The zero-order valence-corrected chi connectivity index (χ0v) is 18.4.